The molecule has 1 unspecified atom stereocenters. The Balaban J connectivity index is 1.39. The molecule has 2 saturated carbocycles. The highest BCUT2D eigenvalue weighted by Crippen LogP contribution is 2.27. The van der Waals surface area contributed by atoms with E-state index in [2.05, 4.69) is 15.1 Å². The molecule has 0 aromatic rings. The van der Waals surface area contributed by atoms with Crippen LogP contribution in [0.4, 0.5) is 0 Å². The summed E-state index contributed by atoms with van der Waals surface area (Å²) in [5.41, 5.74) is 0. The summed E-state index contributed by atoms with van der Waals surface area (Å²) >= 11 is 0. The van der Waals surface area contributed by atoms with Gasteiger partial charge in [-0.3, -0.25) is 9.69 Å². The summed E-state index contributed by atoms with van der Waals surface area (Å²) in [4.78, 5) is 17.1. The van der Waals surface area contributed by atoms with Crippen LogP contribution in [-0.4, -0.2) is 73.2 Å². The van der Waals surface area contributed by atoms with Gasteiger partial charge in [0.2, 0.25) is 0 Å². The fourth-order valence-corrected chi connectivity index (χ4v) is 3.15. The van der Waals surface area contributed by atoms with Crippen molar-refractivity contribution in [3.05, 3.63) is 0 Å². The highest BCUT2D eigenvalue weighted by Gasteiger charge is 2.32. The van der Waals surface area contributed by atoms with Crippen LogP contribution in [0.15, 0.2) is 0 Å². The minimum Gasteiger partial charge on any atom is -0.465 e. The first-order valence-electron chi connectivity index (χ1n) is 8.65. The Morgan fingerprint density at radius 3 is 2.48 bits per heavy atom. The minimum atomic E-state index is -0.112. The number of nitrogens with zero attached hydrogens (tertiary/aromatic N) is 2. The summed E-state index contributed by atoms with van der Waals surface area (Å²) < 4.78 is 5.20. The highest BCUT2D eigenvalue weighted by molar-refractivity contribution is 5.75. The van der Waals surface area contributed by atoms with Crippen molar-refractivity contribution in [2.24, 2.45) is 0 Å². The molecule has 120 valence electrons. The smallest absolute Gasteiger partial charge is 0.323 e. The van der Waals surface area contributed by atoms with Gasteiger partial charge in [-0.1, -0.05) is 0 Å². The van der Waals surface area contributed by atoms with Crippen LogP contribution in [0.1, 0.15) is 39.0 Å². The zero-order valence-corrected chi connectivity index (χ0v) is 13.2. The van der Waals surface area contributed by atoms with Crippen molar-refractivity contribution in [1.82, 2.24) is 15.1 Å². The van der Waals surface area contributed by atoms with E-state index < -0.39 is 0 Å². The lowest BCUT2D eigenvalue weighted by Gasteiger charge is -2.35. The Bertz CT molecular complexity index is 347. The molecule has 0 aromatic carbocycles. The molecular formula is C16H29N3O2. The fourth-order valence-electron chi connectivity index (χ4n) is 3.15. The van der Waals surface area contributed by atoms with Crippen molar-refractivity contribution in [1.29, 1.82) is 0 Å². The van der Waals surface area contributed by atoms with E-state index in [1.165, 1.54) is 38.8 Å². The second-order valence-corrected chi connectivity index (χ2v) is 6.64. The van der Waals surface area contributed by atoms with Gasteiger partial charge >= 0.3 is 5.97 Å². The standard InChI is InChI=1S/C16H29N3O2/c1-2-21-16(20)15(17-13-3-4-13)7-8-18-9-11-19(12-10-18)14-5-6-14/h13-15,17H,2-12H2,1H3. The zero-order chi connectivity index (χ0) is 14.7. The summed E-state index contributed by atoms with van der Waals surface area (Å²) in [6.07, 6.45) is 6.08. The Labute approximate surface area is 128 Å². The average molecular weight is 295 g/mol. The van der Waals surface area contributed by atoms with Crippen LogP contribution < -0.4 is 5.32 Å². The van der Waals surface area contributed by atoms with Gasteiger partial charge in [0, 0.05) is 44.8 Å². The Morgan fingerprint density at radius 1 is 1.19 bits per heavy atom. The van der Waals surface area contributed by atoms with Crippen molar-refractivity contribution in [3.63, 3.8) is 0 Å². The molecule has 0 aromatic heterocycles. The van der Waals surface area contributed by atoms with Gasteiger partial charge in [0.05, 0.1) is 6.61 Å². The van der Waals surface area contributed by atoms with Gasteiger partial charge in [-0.25, -0.2) is 0 Å². The molecule has 1 heterocycles. The maximum atomic E-state index is 12.0. The van der Waals surface area contributed by atoms with Gasteiger partial charge in [0.15, 0.2) is 0 Å². The maximum absolute atomic E-state index is 12.0. The third kappa shape index (κ3) is 4.66. The van der Waals surface area contributed by atoms with Crippen molar-refractivity contribution in [2.45, 2.75) is 57.2 Å². The number of piperazine rings is 1. The van der Waals surface area contributed by atoms with Gasteiger partial charge in [-0.05, 0) is 39.0 Å². The number of carbonyl (C=O) groups is 1. The van der Waals surface area contributed by atoms with Gasteiger partial charge in [0.1, 0.15) is 6.04 Å². The van der Waals surface area contributed by atoms with E-state index in [4.69, 9.17) is 4.74 Å². The lowest BCUT2D eigenvalue weighted by atomic mass is 10.1. The molecule has 1 saturated heterocycles. The van der Waals surface area contributed by atoms with Gasteiger partial charge < -0.3 is 15.0 Å². The normalized spacial score (nSPS) is 25.8. The third-order valence-electron chi connectivity index (χ3n) is 4.79. The molecule has 0 bridgehead atoms. The molecule has 5 nitrogen and oxygen atoms in total. The predicted molar refractivity (Wildman–Crippen MR) is 82.2 cm³/mol. The summed E-state index contributed by atoms with van der Waals surface area (Å²) in [6, 6.07) is 1.32. The largest absolute Gasteiger partial charge is 0.465 e. The van der Waals surface area contributed by atoms with Gasteiger partial charge in [-0.15, -0.1) is 0 Å². The lowest BCUT2D eigenvalue weighted by molar-refractivity contribution is -0.146. The lowest BCUT2D eigenvalue weighted by Crippen LogP contribution is -2.49. The van der Waals surface area contributed by atoms with Gasteiger partial charge in [-0.2, -0.15) is 0 Å². The zero-order valence-electron chi connectivity index (χ0n) is 13.2. The van der Waals surface area contributed by atoms with Crippen LogP contribution in [-0.2, 0) is 9.53 Å². The first-order valence-corrected chi connectivity index (χ1v) is 8.65. The Kier molecular flexibility index (Phi) is 5.14. The molecule has 5 heteroatoms. The number of rotatable bonds is 8. The number of ether oxygens (including phenoxy) is 1. The molecule has 0 radical (unpaired) electrons. The summed E-state index contributed by atoms with van der Waals surface area (Å²) in [5, 5.41) is 3.44. The molecule has 3 fully saturated rings. The van der Waals surface area contributed by atoms with Crippen LogP contribution in [0.3, 0.4) is 0 Å². The van der Waals surface area contributed by atoms with E-state index in [9.17, 15) is 4.79 Å². The van der Waals surface area contributed by atoms with E-state index in [1.807, 2.05) is 6.92 Å². The molecular weight excluding hydrogens is 266 g/mol. The topological polar surface area (TPSA) is 44.8 Å². The summed E-state index contributed by atoms with van der Waals surface area (Å²) in [5.74, 6) is -0.0685. The number of carbonyl (C=O) groups excluding carboxylic acids is 1. The number of esters is 1. The third-order valence-corrected chi connectivity index (χ3v) is 4.79. The molecule has 3 aliphatic rings. The van der Waals surface area contributed by atoms with Crippen molar-refractivity contribution >= 4 is 5.97 Å². The second-order valence-electron chi connectivity index (χ2n) is 6.64. The van der Waals surface area contributed by atoms with Crippen molar-refractivity contribution in [2.75, 3.05) is 39.3 Å². The van der Waals surface area contributed by atoms with Crippen molar-refractivity contribution in [3.8, 4) is 0 Å². The van der Waals surface area contributed by atoms with Crippen LogP contribution in [0.5, 0.6) is 0 Å². The molecule has 21 heavy (non-hydrogen) atoms. The van der Waals surface area contributed by atoms with Crippen LogP contribution in [0.25, 0.3) is 0 Å². The number of hydrogen-bond donors (Lipinski definition) is 1. The van der Waals surface area contributed by atoms with Crippen LogP contribution >= 0.6 is 0 Å². The van der Waals surface area contributed by atoms with E-state index in [0.29, 0.717) is 12.6 Å². The highest BCUT2D eigenvalue weighted by atomic mass is 16.5. The van der Waals surface area contributed by atoms with Crippen LogP contribution in [0, 0.1) is 0 Å². The summed E-state index contributed by atoms with van der Waals surface area (Å²) in [6.45, 7) is 8.05. The Hall–Kier alpha value is -0.650. The monoisotopic (exact) mass is 295 g/mol. The predicted octanol–water partition coefficient (Wildman–Crippen LogP) is 0.840. The number of nitrogens with one attached hydrogen (secondary N) is 1. The molecule has 1 N–H and O–H groups in total. The fraction of sp³-hybridized carbons (Fsp3) is 0.938. The van der Waals surface area contributed by atoms with E-state index >= 15 is 0 Å². The maximum Gasteiger partial charge on any atom is 0.323 e. The first kappa shape index (κ1) is 15.3. The second kappa shape index (κ2) is 7.07. The summed E-state index contributed by atoms with van der Waals surface area (Å²) in [7, 11) is 0. The molecule has 3 rings (SSSR count). The van der Waals surface area contributed by atoms with Gasteiger partial charge in [0.25, 0.3) is 0 Å². The molecule has 1 atom stereocenters. The quantitative estimate of drug-likeness (QED) is 0.672. The average Bonchev–Trinajstić information content (AvgIpc) is 3.38. The van der Waals surface area contributed by atoms with Crippen LogP contribution in [0.2, 0.25) is 0 Å². The molecule has 2 aliphatic carbocycles. The van der Waals surface area contributed by atoms with E-state index in [-0.39, 0.29) is 12.0 Å². The van der Waals surface area contributed by atoms with Crippen molar-refractivity contribution < 1.29 is 9.53 Å². The minimum absolute atomic E-state index is 0.0685. The Morgan fingerprint density at radius 2 is 1.90 bits per heavy atom. The molecule has 0 spiro atoms. The van der Waals surface area contributed by atoms with E-state index in [0.717, 1.165) is 32.1 Å². The molecule has 1 aliphatic heterocycles. The first-order chi connectivity index (χ1) is 10.3. The molecule has 0 amide bonds. The SMILES string of the molecule is CCOC(=O)C(CCN1CCN(C2CC2)CC1)NC1CC1. The van der Waals surface area contributed by atoms with E-state index in [1.54, 1.807) is 0 Å². The number of hydrogen-bond acceptors (Lipinski definition) is 5.